The zero-order valence-electron chi connectivity index (χ0n) is 14.2. The molecule has 0 fully saturated rings. The number of phenols is 2. The van der Waals surface area contributed by atoms with Gasteiger partial charge in [-0.25, -0.2) is 0 Å². The highest BCUT2D eigenvalue weighted by atomic mass is 16.6. The Morgan fingerprint density at radius 2 is 1.36 bits per heavy atom. The van der Waals surface area contributed by atoms with Gasteiger partial charge in [0.25, 0.3) is 0 Å². The van der Waals surface area contributed by atoms with Crippen LogP contribution in [0.25, 0.3) is 0 Å². The molecule has 1 aliphatic carbocycles. The molecule has 138 valence electrons. The molecule has 3 aromatic carbocycles. The highest BCUT2D eigenvalue weighted by molar-refractivity contribution is 6.31. The van der Waals surface area contributed by atoms with Crippen molar-refractivity contribution in [2.24, 2.45) is 0 Å². The van der Waals surface area contributed by atoms with Gasteiger partial charge in [-0.05, 0) is 30.3 Å². The monoisotopic (exact) mass is 376 g/mol. The number of hydrogen-bond donors (Lipinski definition) is 3. The summed E-state index contributed by atoms with van der Waals surface area (Å²) in [7, 11) is 0. The van der Waals surface area contributed by atoms with E-state index in [0.29, 0.717) is 5.69 Å². The van der Waals surface area contributed by atoms with Gasteiger partial charge in [-0.3, -0.25) is 19.7 Å². The molecule has 3 N–H and O–H groups in total. The SMILES string of the molecule is O=C1c2ccc([N+](=O)[O-])c(O)c2C(=O)c2ccc(Nc3ccccc3)c(O)c21. The molecule has 0 heterocycles. The van der Waals surface area contributed by atoms with Crippen LogP contribution in [0.2, 0.25) is 0 Å². The normalized spacial score (nSPS) is 12.3. The summed E-state index contributed by atoms with van der Waals surface area (Å²) in [6.45, 7) is 0. The first-order valence-electron chi connectivity index (χ1n) is 8.18. The molecule has 0 saturated heterocycles. The fourth-order valence-corrected chi connectivity index (χ4v) is 3.20. The molecule has 0 bridgehead atoms. The first kappa shape index (κ1) is 17.2. The Labute approximate surface area is 157 Å². The molecule has 0 aromatic heterocycles. The average Bonchev–Trinajstić information content (AvgIpc) is 2.68. The number of benzene rings is 3. The van der Waals surface area contributed by atoms with E-state index in [4.69, 9.17) is 0 Å². The molecule has 8 heteroatoms. The molecular weight excluding hydrogens is 364 g/mol. The van der Waals surface area contributed by atoms with Crippen LogP contribution in [-0.2, 0) is 0 Å². The maximum Gasteiger partial charge on any atom is 0.311 e. The number of phenolic OH excluding ortho intramolecular Hbond substituents is 2. The largest absolute Gasteiger partial charge is 0.505 e. The molecule has 0 saturated carbocycles. The Bertz CT molecular complexity index is 1170. The number of ketones is 2. The second kappa shape index (κ2) is 6.20. The predicted octanol–water partition coefficient (Wildman–Crippen LogP) is 3.53. The zero-order valence-corrected chi connectivity index (χ0v) is 14.2. The number of anilines is 2. The Hall–Kier alpha value is -4.20. The van der Waals surface area contributed by atoms with Crippen molar-refractivity contribution >= 4 is 28.6 Å². The van der Waals surface area contributed by atoms with Crippen LogP contribution in [-0.4, -0.2) is 26.7 Å². The number of rotatable bonds is 3. The lowest BCUT2D eigenvalue weighted by Gasteiger charge is -2.20. The Balaban J connectivity index is 1.86. The van der Waals surface area contributed by atoms with Crippen LogP contribution in [0.15, 0.2) is 54.6 Å². The van der Waals surface area contributed by atoms with Crippen LogP contribution >= 0.6 is 0 Å². The topological polar surface area (TPSA) is 130 Å². The van der Waals surface area contributed by atoms with Crippen LogP contribution in [0.3, 0.4) is 0 Å². The summed E-state index contributed by atoms with van der Waals surface area (Å²) >= 11 is 0. The van der Waals surface area contributed by atoms with Crippen LogP contribution in [0.1, 0.15) is 31.8 Å². The van der Waals surface area contributed by atoms with Gasteiger partial charge in [0.05, 0.1) is 21.7 Å². The van der Waals surface area contributed by atoms with Crippen molar-refractivity contribution in [1.29, 1.82) is 0 Å². The van der Waals surface area contributed by atoms with Crippen molar-refractivity contribution < 1.29 is 24.7 Å². The molecule has 1 aliphatic rings. The fraction of sp³-hybridized carbons (Fsp3) is 0. The number of nitrogens with one attached hydrogen (secondary N) is 1. The summed E-state index contributed by atoms with van der Waals surface area (Å²) in [5.41, 5.74) is -0.768. The smallest absolute Gasteiger partial charge is 0.311 e. The molecular formula is C20H12N2O6. The molecule has 4 rings (SSSR count). The van der Waals surface area contributed by atoms with E-state index in [-0.39, 0.29) is 22.4 Å². The molecule has 0 unspecified atom stereocenters. The van der Waals surface area contributed by atoms with E-state index < -0.39 is 39.2 Å². The van der Waals surface area contributed by atoms with Gasteiger partial charge in [-0.15, -0.1) is 0 Å². The van der Waals surface area contributed by atoms with Gasteiger partial charge in [0.2, 0.25) is 5.75 Å². The van der Waals surface area contributed by atoms with Gasteiger partial charge >= 0.3 is 5.69 Å². The molecule has 28 heavy (non-hydrogen) atoms. The average molecular weight is 376 g/mol. The van der Waals surface area contributed by atoms with E-state index in [9.17, 15) is 29.9 Å². The molecule has 3 aromatic rings. The van der Waals surface area contributed by atoms with Gasteiger partial charge in [0, 0.05) is 22.9 Å². The summed E-state index contributed by atoms with van der Waals surface area (Å²) in [5.74, 6) is -2.75. The van der Waals surface area contributed by atoms with E-state index in [1.165, 1.54) is 12.1 Å². The summed E-state index contributed by atoms with van der Waals surface area (Å²) in [5, 5.41) is 34.7. The summed E-state index contributed by atoms with van der Waals surface area (Å²) < 4.78 is 0. The third-order valence-corrected chi connectivity index (χ3v) is 4.53. The van der Waals surface area contributed by atoms with Gasteiger partial charge in [-0.1, -0.05) is 18.2 Å². The van der Waals surface area contributed by atoms with Crippen molar-refractivity contribution in [3.63, 3.8) is 0 Å². The zero-order chi connectivity index (χ0) is 20.0. The second-order valence-electron chi connectivity index (χ2n) is 6.15. The van der Waals surface area contributed by atoms with Gasteiger partial charge in [0.1, 0.15) is 0 Å². The van der Waals surface area contributed by atoms with E-state index in [1.54, 1.807) is 24.3 Å². The number of carbonyl (C=O) groups is 2. The maximum atomic E-state index is 12.9. The third-order valence-electron chi connectivity index (χ3n) is 4.53. The summed E-state index contributed by atoms with van der Waals surface area (Å²) in [6, 6.07) is 13.7. The summed E-state index contributed by atoms with van der Waals surface area (Å²) in [6.07, 6.45) is 0. The Morgan fingerprint density at radius 1 is 0.786 bits per heavy atom. The Morgan fingerprint density at radius 3 is 1.96 bits per heavy atom. The molecule has 0 amide bonds. The number of hydrogen-bond acceptors (Lipinski definition) is 7. The minimum atomic E-state index is -0.863. The molecule has 0 radical (unpaired) electrons. The number of carbonyl (C=O) groups excluding carboxylic acids is 2. The van der Waals surface area contributed by atoms with Gasteiger partial charge in [0.15, 0.2) is 17.3 Å². The van der Waals surface area contributed by atoms with Crippen molar-refractivity contribution in [2.75, 3.05) is 5.32 Å². The minimum absolute atomic E-state index is 0.135. The van der Waals surface area contributed by atoms with E-state index in [1.807, 2.05) is 6.07 Å². The molecule has 0 atom stereocenters. The van der Waals surface area contributed by atoms with Crippen molar-refractivity contribution in [2.45, 2.75) is 0 Å². The summed E-state index contributed by atoms with van der Waals surface area (Å²) in [4.78, 5) is 35.9. The first-order valence-corrected chi connectivity index (χ1v) is 8.18. The number of para-hydroxylation sites is 1. The molecule has 0 spiro atoms. The maximum absolute atomic E-state index is 12.9. The van der Waals surface area contributed by atoms with E-state index in [0.717, 1.165) is 12.1 Å². The minimum Gasteiger partial charge on any atom is -0.505 e. The quantitative estimate of drug-likeness (QED) is 0.283. The van der Waals surface area contributed by atoms with Gasteiger partial charge < -0.3 is 15.5 Å². The number of nitrogens with zero attached hydrogens (tertiary/aromatic N) is 1. The Kier molecular flexibility index (Phi) is 3.82. The van der Waals surface area contributed by atoms with E-state index >= 15 is 0 Å². The number of fused-ring (bicyclic) bond motifs is 2. The standard InChI is InChI=1S/C20H12N2O6/c23-17-12-7-9-14(22(27)28)20(26)16(12)18(24)11-6-8-13(19(25)15(11)17)21-10-4-2-1-3-5-10/h1-9,21,25-26H. The van der Waals surface area contributed by atoms with Crippen molar-refractivity contribution in [3.05, 3.63) is 87.0 Å². The third kappa shape index (κ3) is 2.47. The molecule has 0 aliphatic heterocycles. The van der Waals surface area contributed by atoms with Crippen LogP contribution in [0, 0.1) is 10.1 Å². The van der Waals surface area contributed by atoms with Crippen molar-refractivity contribution in [3.8, 4) is 11.5 Å². The second-order valence-corrected chi connectivity index (χ2v) is 6.15. The van der Waals surface area contributed by atoms with Crippen LogP contribution < -0.4 is 5.32 Å². The number of nitro benzene ring substituents is 1. The lowest BCUT2D eigenvalue weighted by Crippen LogP contribution is -2.21. The van der Waals surface area contributed by atoms with E-state index in [2.05, 4.69) is 5.32 Å². The highest BCUT2D eigenvalue weighted by Crippen LogP contribution is 2.42. The highest BCUT2D eigenvalue weighted by Gasteiger charge is 2.37. The van der Waals surface area contributed by atoms with Crippen molar-refractivity contribution in [1.82, 2.24) is 0 Å². The predicted molar refractivity (Wildman–Crippen MR) is 99.5 cm³/mol. The van der Waals surface area contributed by atoms with Crippen LogP contribution in [0.4, 0.5) is 17.1 Å². The lowest BCUT2D eigenvalue weighted by molar-refractivity contribution is -0.385. The molecule has 8 nitrogen and oxygen atoms in total. The fourth-order valence-electron chi connectivity index (χ4n) is 3.20. The first-order chi connectivity index (χ1) is 13.4. The van der Waals surface area contributed by atoms with Crippen LogP contribution in [0.5, 0.6) is 11.5 Å². The number of aromatic hydroxyl groups is 2. The van der Waals surface area contributed by atoms with Gasteiger partial charge in [-0.2, -0.15) is 0 Å². The lowest BCUT2D eigenvalue weighted by atomic mass is 9.82. The number of nitro groups is 1.